The van der Waals surface area contributed by atoms with Gasteiger partial charge in [-0.05, 0) is 87.3 Å². The topological polar surface area (TPSA) is 26.3 Å². The molecule has 2 nitrogen and oxygen atoms in total. The van der Waals surface area contributed by atoms with Gasteiger partial charge < -0.3 is 4.43 Å². The van der Waals surface area contributed by atoms with Crippen LogP contribution < -0.4 is 0 Å². The quantitative estimate of drug-likeness (QED) is 0.378. The normalized spacial score (nSPS) is 41.1. The minimum absolute atomic E-state index is 0.0153. The highest BCUT2D eigenvalue weighted by atomic mass is 28.4. The minimum atomic E-state index is -1.76. The van der Waals surface area contributed by atoms with E-state index in [9.17, 15) is 4.79 Å². The largest absolute Gasteiger partial charge is 0.416 e. The molecule has 0 bridgehead atoms. The van der Waals surface area contributed by atoms with E-state index < -0.39 is 8.32 Å². The van der Waals surface area contributed by atoms with Gasteiger partial charge in [0.05, 0.1) is 0 Å². The molecule has 0 unspecified atom stereocenters. The fourth-order valence-electron chi connectivity index (χ4n) is 7.10. The van der Waals surface area contributed by atoms with Crippen molar-refractivity contribution < 1.29 is 9.22 Å². The van der Waals surface area contributed by atoms with Crippen LogP contribution in [-0.4, -0.2) is 20.7 Å². The van der Waals surface area contributed by atoms with Crippen LogP contribution in [0.25, 0.3) is 0 Å². The zero-order valence-corrected chi connectivity index (χ0v) is 20.2. The van der Waals surface area contributed by atoms with Crippen LogP contribution in [0.15, 0.2) is 11.6 Å². The van der Waals surface area contributed by atoms with Crippen LogP contribution in [0.4, 0.5) is 0 Å². The highest BCUT2D eigenvalue weighted by Crippen LogP contribution is 2.65. The Balaban J connectivity index is 1.65. The highest BCUT2D eigenvalue weighted by Gasteiger charge is 2.60. The number of carbonyl (C=O) groups is 1. The van der Waals surface area contributed by atoms with Gasteiger partial charge in [0.15, 0.2) is 8.32 Å². The van der Waals surface area contributed by atoms with Gasteiger partial charge in [0.1, 0.15) is 5.78 Å². The first-order valence-corrected chi connectivity index (χ1v) is 14.8. The van der Waals surface area contributed by atoms with E-state index in [1.54, 1.807) is 5.57 Å². The molecule has 0 radical (unpaired) electrons. The molecule has 4 rings (SSSR count). The third-order valence-corrected chi connectivity index (χ3v) is 14.4. The molecule has 0 heterocycles. The second-order valence-electron chi connectivity index (χ2n) is 12.2. The first-order valence-electron chi connectivity index (χ1n) is 11.9. The summed E-state index contributed by atoms with van der Waals surface area (Å²) in [5.74, 6) is 2.67. The van der Waals surface area contributed by atoms with Gasteiger partial charge in [-0.3, -0.25) is 4.79 Å². The number of allylic oxidation sites excluding steroid dienone is 1. The summed E-state index contributed by atoms with van der Waals surface area (Å²) in [6.07, 6.45) is 13.4. The SMILES string of the molecule is CC(C)(C)[Si](C)(C)OC[C@]12CCCC=C1CC[C@@H]1[C@@H]2CC[C@]2(C)C(=O)CC[C@@H]12. The van der Waals surface area contributed by atoms with Crippen LogP contribution in [0.1, 0.15) is 85.5 Å². The van der Waals surface area contributed by atoms with Crippen molar-refractivity contribution in [2.24, 2.45) is 28.6 Å². The summed E-state index contributed by atoms with van der Waals surface area (Å²) >= 11 is 0. The molecule has 3 heteroatoms. The maximum atomic E-state index is 12.7. The van der Waals surface area contributed by atoms with E-state index in [1.807, 2.05) is 0 Å². The monoisotopic (exact) mass is 402 g/mol. The van der Waals surface area contributed by atoms with E-state index in [4.69, 9.17) is 4.43 Å². The Bertz CT molecular complexity index is 673. The minimum Gasteiger partial charge on any atom is -0.416 e. The van der Waals surface area contributed by atoms with E-state index in [0.29, 0.717) is 11.7 Å². The Morgan fingerprint density at radius 1 is 1.11 bits per heavy atom. The van der Waals surface area contributed by atoms with Gasteiger partial charge in [0.25, 0.3) is 0 Å². The molecule has 0 aromatic rings. The summed E-state index contributed by atoms with van der Waals surface area (Å²) in [6, 6.07) is 0. The number of hydrogen-bond donors (Lipinski definition) is 0. The summed E-state index contributed by atoms with van der Waals surface area (Å²) in [7, 11) is -1.76. The number of carbonyl (C=O) groups excluding carboxylic acids is 1. The maximum Gasteiger partial charge on any atom is 0.192 e. The predicted octanol–water partition coefficient (Wildman–Crippen LogP) is 6.91. The Hall–Kier alpha value is -0.413. The molecule has 158 valence electrons. The van der Waals surface area contributed by atoms with Crippen LogP contribution in [0.3, 0.4) is 0 Å². The fourth-order valence-corrected chi connectivity index (χ4v) is 8.15. The van der Waals surface area contributed by atoms with Crippen molar-refractivity contribution in [2.75, 3.05) is 6.61 Å². The summed E-state index contributed by atoms with van der Waals surface area (Å²) in [4.78, 5) is 12.7. The molecule has 3 saturated carbocycles. The van der Waals surface area contributed by atoms with Crippen molar-refractivity contribution in [2.45, 2.75) is 104 Å². The van der Waals surface area contributed by atoms with Crippen molar-refractivity contribution in [3.8, 4) is 0 Å². The summed E-state index contributed by atoms with van der Waals surface area (Å²) < 4.78 is 6.93. The van der Waals surface area contributed by atoms with Gasteiger partial charge in [-0.2, -0.15) is 0 Å². The van der Waals surface area contributed by atoms with E-state index in [2.05, 4.69) is 46.9 Å². The van der Waals surface area contributed by atoms with Crippen LogP contribution in [-0.2, 0) is 9.22 Å². The van der Waals surface area contributed by atoms with Crippen LogP contribution in [0.5, 0.6) is 0 Å². The molecule has 0 spiro atoms. The smallest absolute Gasteiger partial charge is 0.192 e. The van der Waals surface area contributed by atoms with Gasteiger partial charge in [0, 0.05) is 23.9 Å². The zero-order valence-electron chi connectivity index (χ0n) is 19.2. The highest BCUT2D eigenvalue weighted by molar-refractivity contribution is 6.74. The van der Waals surface area contributed by atoms with E-state index in [-0.39, 0.29) is 15.9 Å². The van der Waals surface area contributed by atoms with Gasteiger partial charge in [-0.15, -0.1) is 0 Å². The van der Waals surface area contributed by atoms with Crippen LogP contribution in [0, 0.1) is 28.6 Å². The molecule has 0 aliphatic heterocycles. The molecule has 4 aliphatic rings. The molecule has 0 N–H and O–H groups in total. The lowest BCUT2D eigenvalue weighted by atomic mass is 9.47. The first-order chi connectivity index (χ1) is 13.0. The van der Waals surface area contributed by atoms with Crippen molar-refractivity contribution in [3.05, 3.63) is 11.6 Å². The zero-order chi connectivity index (χ0) is 20.4. The molecule has 28 heavy (non-hydrogen) atoms. The average molecular weight is 403 g/mol. The third-order valence-electron chi connectivity index (χ3n) is 9.96. The number of hydrogen-bond acceptors (Lipinski definition) is 2. The van der Waals surface area contributed by atoms with Gasteiger partial charge in [-0.25, -0.2) is 0 Å². The Morgan fingerprint density at radius 3 is 2.57 bits per heavy atom. The summed E-state index contributed by atoms with van der Waals surface area (Å²) in [5, 5.41) is 0.263. The Morgan fingerprint density at radius 2 is 1.86 bits per heavy atom. The van der Waals surface area contributed by atoms with Crippen molar-refractivity contribution in [1.29, 1.82) is 0 Å². The molecule has 0 amide bonds. The maximum absolute atomic E-state index is 12.7. The van der Waals surface area contributed by atoms with E-state index in [0.717, 1.165) is 37.7 Å². The lowest BCUT2D eigenvalue weighted by Gasteiger charge is -2.58. The summed E-state index contributed by atoms with van der Waals surface area (Å²) in [6.45, 7) is 15.1. The molecule has 5 atom stereocenters. The lowest BCUT2D eigenvalue weighted by molar-refractivity contribution is -0.133. The summed E-state index contributed by atoms with van der Waals surface area (Å²) in [5.41, 5.74) is 1.98. The predicted molar refractivity (Wildman–Crippen MR) is 119 cm³/mol. The fraction of sp³-hybridized carbons (Fsp3) is 0.880. The molecule has 3 fully saturated rings. The Labute approximate surface area is 174 Å². The first kappa shape index (κ1) is 20.8. The van der Waals surface area contributed by atoms with Gasteiger partial charge in [-0.1, -0.05) is 39.3 Å². The molecule has 0 aromatic carbocycles. The number of ketones is 1. The second kappa shape index (κ2) is 6.80. The number of Topliss-reactive ketones (excluding diaryl/α,β-unsaturated/α-hetero) is 1. The van der Waals surface area contributed by atoms with Crippen LogP contribution >= 0.6 is 0 Å². The molecular weight excluding hydrogens is 360 g/mol. The van der Waals surface area contributed by atoms with E-state index in [1.165, 1.54) is 38.5 Å². The van der Waals surface area contributed by atoms with Crippen molar-refractivity contribution in [1.82, 2.24) is 0 Å². The molecule has 0 aromatic heterocycles. The molecule has 0 saturated heterocycles. The molecular formula is C25H42O2Si. The Kier molecular flexibility index (Phi) is 5.06. The van der Waals surface area contributed by atoms with Gasteiger partial charge in [0.2, 0.25) is 0 Å². The number of rotatable bonds is 3. The van der Waals surface area contributed by atoms with Crippen LogP contribution in [0.2, 0.25) is 18.1 Å². The average Bonchev–Trinajstić information content (AvgIpc) is 2.94. The van der Waals surface area contributed by atoms with Crippen molar-refractivity contribution in [3.63, 3.8) is 0 Å². The van der Waals surface area contributed by atoms with Crippen molar-refractivity contribution >= 4 is 14.1 Å². The lowest BCUT2D eigenvalue weighted by Crippen LogP contribution is -2.54. The van der Waals surface area contributed by atoms with E-state index >= 15 is 0 Å². The standard InChI is InChI=1S/C25H42O2Si/c1-23(2,3)28(5,6)27-17-25-15-8-7-9-18(25)10-11-19-20-12-13-22(26)24(20,4)16-14-21(19)25/h9,19-21H,7-8,10-17H2,1-6H3/t19-,20-,21-,24-,25+/m0/s1. The third kappa shape index (κ3) is 3.02. The number of fused-ring (bicyclic) bond motifs is 5. The van der Waals surface area contributed by atoms with Gasteiger partial charge >= 0.3 is 0 Å². The molecule has 4 aliphatic carbocycles. The second-order valence-corrected chi connectivity index (χ2v) is 17.0.